The van der Waals surface area contributed by atoms with E-state index in [-0.39, 0.29) is 16.5 Å². The fourth-order valence-electron chi connectivity index (χ4n) is 1.60. The van der Waals surface area contributed by atoms with Crippen molar-refractivity contribution < 1.29 is 13.0 Å². The standard InChI is InChI=1S/C13H13ClFNO2S/c1-8-9(2)18-13(16-8)7-19(17)6-10-3-4-11(15)5-12(10)14/h3-5H,6-7H2,1-2H3/t19-/m0/s1. The lowest BCUT2D eigenvalue weighted by atomic mass is 10.2. The predicted molar refractivity (Wildman–Crippen MR) is 72.9 cm³/mol. The van der Waals surface area contributed by atoms with Crippen LogP contribution in [0.25, 0.3) is 0 Å². The number of hydrogen-bond acceptors (Lipinski definition) is 3. The van der Waals surface area contributed by atoms with Crippen molar-refractivity contribution in [2.45, 2.75) is 25.4 Å². The molecule has 0 aliphatic heterocycles. The molecule has 3 nitrogen and oxygen atoms in total. The summed E-state index contributed by atoms with van der Waals surface area (Å²) in [6, 6.07) is 4.06. The van der Waals surface area contributed by atoms with Crippen LogP contribution < -0.4 is 0 Å². The second-order valence-corrected chi connectivity index (χ2v) is 6.08. The van der Waals surface area contributed by atoms with E-state index in [1.807, 2.05) is 13.8 Å². The maximum Gasteiger partial charge on any atom is 0.207 e. The van der Waals surface area contributed by atoms with Gasteiger partial charge in [0.05, 0.1) is 11.4 Å². The number of nitrogens with zero attached hydrogens (tertiary/aromatic N) is 1. The van der Waals surface area contributed by atoms with E-state index in [1.54, 1.807) is 6.07 Å². The van der Waals surface area contributed by atoms with Crippen LogP contribution in [0.2, 0.25) is 5.02 Å². The highest BCUT2D eigenvalue weighted by molar-refractivity contribution is 7.83. The van der Waals surface area contributed by atoms with Crippen molar-refractivity contribution in [2.24, 2.45) is 0 Å². The molecule has 102 valence electrons. The van der Waals surface area contributed by atoms with Crippen LogP contribution in [0.4, 0.5) is 4.39 Å². The van der Waals surface area contributed by atoms with Crippen molar-refractivity contribution in [3.63, 3.8) is 0 Å². The SMILES string of the molecule is Cc1nc(C[S@@](=O)Cc2ccc(F)cc2Cl)oc1C. The Hall–Kier alpha value is -1.20. The van der Waals surface area contributed by atoms with E-state index in [0.29, 0.717) is 11.5 Å². The van der Waals surface area contributed by atoms with Gasteiger partial charge in [-0.3, -0.25) is 4.21 Å². The maximum absolute atomic E-state index is 12.9. The quantitative estimate of drug-likeness (QED) is 0.867. The summed E-state index contributed by atoms with van der Waals surface area (Å²) in [7, 11) is -1.20. The molecule has 0 bridgehead atoms. The molecule has 0 unspecified atom stereocenters. The lowest BCUT2D eigenvalue weighted by Crippen LogP contribution is -2.00. The molecule has 0 saturated carbocycles. The molecule has 19 heavy (non-hydrogen) atoms. The fraction of sp³-hybridized carbons (Fsp3) is 0.308. The van der Waals surface area contributed by atoms with Gasteiger partial charge in [-0.1, -0.05) is 17.7 Å². The van der Waals surface area contributed by atoms with E-state index in [0.717, 1.165) is 11.5 Å². The van der Waals surface area contributed by atoms with Gasteiger partial charge in [-0.15, -0.1) is 0 Å². The van der Waals surface area contributed by atoms with Crippen LogP contribution in [0.3, 0.4) is 0 Å². The predicted octanol–water partition coefficient (Wildman–Crippen LogP) is 3.53. The first-order valence-electron chi connectivity index (χ1n) is 5.67. The van der Waals surface area contributed by atoms with Crippen LogP contribution in [0, 0.1) is 19.7 Å². The number of halogens is 2. The van der Waals surface area contributed by atoms with Crippen molar-refractivity contribution in [3.05, 3.63) is 51.9 Å². The van der Waals surface area contributed by atoms with Gasteiger partial charge in [0.25, 0.3) is 0 Å². The third kappa shape index (κ3) is 3.64. The molecular formula is C13H13ClFNO2S. The van der Waals surface area contributed by atoms with Crippen LogP contribution in [-0.2, 0) is 22.3 Å². The minimum Gasteiger partial charge on any atom is -0.445 e. The molecule has 0 N–H and O–H groups in total. The van der Waals surface area contributed by atoms with E-state index in [9.17, 15) is 8.60 Å². The first-order valence-corrected chi connectivity index (χ1v) is 7.54. The third-order valence-corrected chi connectivity index (χ3v) is 4.24. The fourth-order valence-corrected chi connectivity index (χ4v) is 3.01. The largest absolute Gasteiger partial charge is 0.445 e. The number of benzene rings is 1. The molecular weight excluding hydrogens is 289 g/mol. The summed E-state index contributed by atoms with van der Waals surface area (Å²) in [5, 5.41) is 0.285. The molecule has 0 spiro atoms. The molecule has 1 heterocycles. The number of aromatic nitrogens is 1. The van der Waals surface area contributed by atoms with Gasteiger partial charge in [-0.25, -0.2) is 9.37 Å². The summed E-state index contributed by atoms with van der Waals surface area (Å²) < 4.78 is 30.3. The Balaban J connectivity index is 2.05. The molecule has 0 amide bonds. The molecule has 1 aromatic carbocycles. The minimum absolute atomic E-state index is 0.225. The normalized spacial score (nSPS) is 12.6. The highest BCUT2D eigenvalue weighted by atomic mass is 35.5. The molecule has 1 aromatic heterocycles. The van der Waals surface area contributed by atoms with Crippen LogP contribution >= 0.6 is 11.6 Å². The van der Waals surface area contributed by atoms with Gasteiger partial charge in [0.15, 0.2) is 0 Å². The topological polar surface area (TPSA) is 43.1 Å². The van der Waals surface area contributed by atoms with E-state index in [2.05, 4.69) is 4.98 Å². The maximum atomic E-state index is 12.9. The molecule has 0 aliphatic carbocycles. The van der Waals surface area contributed by atoms with Crippen molar-refractivity contribution >= 4 is 22.4 Å². The first kappa shape index (κ1) is 14.2. The van der Waals surface area contributed by atoms with Crippen molar-refractivity contribution in [2.75, 3.05) is 0 Å². The van der Waals surface area contributed by atoms with Gasteiger partial charge in [0.2, 0.25) is 5.89 Å². The second kappa shape index (κ2) is 5.84. The number of rotatable bonds is 4. The highest BCUT2D eigenvalue weighted by Crippen LogP contribution is 2.20. The Labute approximate surface area is 118 Å². The van der Waals surface area contributed by atoms with Gasteiger partial charge < -0.3 is 4.42 Å². The minimum atomic E-state index is -1.20. The lowest BCUT2D eigenvalue weighted by molar-refractivity contribution is 0.487. The lowest BCUT2D eigenvalue weighted by Gasteiger charge is -2.03. The number of oxazole rings is 1. The Morgan fingerprint density at radius 3 is 2.68 bits per heavy atom. The third-order valence-electron chi connectivity index (χ3n) is 2.69. The Morgan fingerprint density at radius 1 is 1.37 bits per heavy atom. The van der Waals surface area contributed by atoms with Crippen molar-refractivity contribution in [3.8, 4) is 0 Å². The van der Waals surface area contributed by atoms with Crippen LogP contribution in [0.1, 0.15) is 22.9 Å². The van der Waals surface area contributed by atoms with Crippen LogP contribution in [-0.4, -0.2) is 9.19 Å². The first-order chi connectivity index (χ1) is 8.95. The van der Waals surface area contributed by atoms with Gasteiger partial charge in [-0.2, -0.15) is 0 Å². The van der Waals surface area contributed by atoms with Crippen LogP contribution in [0.5, 0.6) is 0 Å². The average molecular weight is 302 g/mol. The average Bonchev–Trinajstić information content (AvgIpc) is 2.62. The second-order valence-electron chi connectivity index (χ2n) is 4.21. The zero-order chi connectivity index (χ0) is 14.0. The zero-order valence-corrected chi connectivity index (χ0v) is 12.1. The van der Waals surface area contributed by atoms with E-state index in [4.69, 9.17) is 16.0 Å². The monoisotopic (exact) mass is 301 g/mol. The zero-order valence-electron chi connectivity index (χ0n) is 10.6. The van der Waals surface area contributed by atoms with Crippen molar-refractivity contribution in [1.82, 2.24) is 4.98 Å². The summed E-state index contributed by atoms with van der Waals surface area (Å²) >= 11 is 5.89. The highest BCUT2D eigenvalue weighted by Gasteiger charge is 2.12. The van der Waals surface area contributed by atoms with E-state index < -0.39 is 16.6 Å². The summed E-state index contributed by atoms with van der Waals surface area (Å²) in [5.74, 6) is 1.25. The Morgan fingerprint density at radius 2 is 2.11 bits per heavy atom. The molecule has 2 aromatic rings. The summed E-state index contributed by atoms with van der Waals surface area (Å²) in [4.78, 5) is 4.18. The molecule has 0 saturated heterocycles. The van der Waals surface area contributed by atoms with Crippen molar-refractivity contribution in [1.29, 1.82) is 0 Å². The van der Waals surface area contributed by atoms with Gasteiger partial charge >= 0.3 is 0 Å². The van der Waals surface area contributed by atoms with Gasteiger partial charge in [0.1, 0.15) is 17.3 Å². The molecule has 1 atom stereocenters. The summed E-state index contributed by atoms with van der Waals surface area (Å²) in [5.41, 5.74) is 1.45. The molecule has 0 aliphatic rings. The molecule has 6 heteroatoms. The number of aryl methyl sites for hydroxylation is 2. The smallest absolute Gasteiger partial charge is 0.207 e. The van der Waals surface area contributed by atoms with Crippen LogP contribution in [0.15, 0.2) is 22.6 Å². The molecule has 2 rings (SSSR count). The molecule has 0 radical (unpaired) electrons. The summed E-state index contributed by atoms with van der Waals surface area (Å²) in [6.45, 7) is 3.65. The van der Waals surface area contributed by atoms with Gasteiger partial charge in [0, 0.05) is 15.8 Å². The summed E-state index contributed by atoms with van der Waals surface area (Å²) in [6.07, 6.45) is 0. The van der Waals surface area contributed by atoms with Gasteiger partial charge in [-0.05, 0) is 31.5 Å². The number of hydrogen-bond donors (Lipinski definition) is 0. The Bertz CT molecular complexity index is 608. The van der Waals surface area contributed by atoms with E-state index in [1.165, 1.54) is 12.1 Å². The Kier molecular flexibility index (Phi) is 4.37. The molecule has 0 fully saturated rings. The van der Waals surface area contributed by atoms with E-state index >= 15 is 0 Å².